The van der Waals surface area contributed by atoms with Crippen LogP contribution in [0.25, 0.3) is 0 Å². The molecule has 0 bridgehead atoms. The van der Waals surface area contributed by atoms with Gasteiger partial charge in [-0.3, -0.25) is 4.79 Å². The van der Waals surface area contributed by atoms with Crippen molar-refractivity contribution in [2.24, 2.45) is 0 Å². The fourth-order valence-electron chi connectivity index (χ4n) is 2.21. The summed E-state index contributed by atoms with van der Waals surface area (Å²) in [5, 5.41) is 9.38. The van der Waals surface area contributed by atoms with E-state index in [-0.39, 0.29) is 19.2 Å². The van der Waals surface area contributed by atoms with E-state index in [1.54, 1.807) is 0 Å². The van der Waals surface area contributed by atoms with E-state index in [1.165, 1.54) is 44.3 Å². The summed E-state index contributed by atoms with van der Waals surface area (Å²) in [6.45, 7) is -0.535. The van der Waals surface area contributed by atoms with Gasteiger partial charge in [-0.05, 0) is 19.1 Å². The van der Waals surface area contributed by atoms with Crippen molar-refractivity contribution < 1.29 is 28.6 Å². The summed E-state index contributed by atoms with van der Waals surface area (Å²) in [6, 6.07) is 0. The Morgan fingerprint density at radius 1 is 1.00 bits per heavy atom. The normalized spacial score (nSPS) is 12.8. The molecule has 0 heterocycles. The lowest BCUT2D eigenvalue weighted by molar-refractivity contribution is -0.147. The topological polar surface area (TPSA) is 93.1 Å². The zero-order valence-corrected chi connectivity index (χ0v) is 17.6. The number of aliphatic hydroxyl groups is 1. The number of esters is 1. The average molecular weight is 416 g/mol. The van der Waals surface area contributed by atoms with Crippen LogP contribution in [0.2, 0.25) is 0 Å². The van der Waals surface area contributed by atoms with Crippen molar-refractivity contribution >= 4 is 35.8 Å². The van der Waals surface area contributed by atoms with Gasteiger partial charge in [-0.25, -0.2) is 0 Å². The largest absolute Gasteiger partial charge is 0.694 e. The minimum atomic E-state index is -2.73. The second kappa shape index (κ2) is 18.9. The molecule has 1 unspecified atom stereocenters. The number of hydrogen-bond acceptors (Lipinski definition) is 7. The fourth-order valence-corrected chi connectivity index (χ4v) is 3.85. The molecule has 0 saturated heterocycles. The predicted octanol–water partition coefficient (Wildman–Crippen LogP) is 4.47. The van der Waals surface area contributed by atoms with E-state index in [1.807, 2.05) is 21.6 Å². The van der Waals surface area contributed by atoms with E-state index in [0.29, 0.717) is 6.42 Å². The van der Waals surface area contributed by atoms with Crippen LogP contribution in [0.1, 0.15) is 64.2 Å². The smallest absolute Gasteiger partial charge is 0.463 e. The monoisotopic (exact) mass is 415 g/mol. The van der Waals surface area contributed by atoms with Gasteiger partial charge in [-0.2, -0.15) is 0 Å². The highest BCUT2D eigenvalue weighted by atomic mass is 33.1. The molecule has 0 spiro atoms. The number of ether oxygens (including phenoxy) is 1. The summed E-state index contributed by atoms with van der Waals surface area (Å²) in [5.74, 6) is 0.901. The average Bonchev–Trinajstić information content (AvgIpc) is 2.59. The molecule has 0 radical (unpaired) electrons. The highest BCUT2D eigenvalue weighted by Gasteiger charge is 2.17. The molecule has 0 rings (SSSR count). The molecule has 6 nitrogen and oxygen atoms in total. The number of unbranched alkanes of at least 4 members (excludes halogenated alkanes) is 8. The van der Waals surface area contributed by atoms with Crippen molar-refractivity contribution in [2.45, 2.75) is 70.3 Å². The van der Waals surface area contributed by atoms with Gasteiger partial charge in [0.05, 0.1) is 0 Å². The van der Waals surface area contributed by atoms with Crippen LogP contribution in [0.3, 0.4) is 0 Å². The Kier molecular flexibility index (Phi) is 19.0. The van der Waals surface area contributed by atoms with Gasteiger partial charge in [0.25, 0.3) is 0 Å². The maximum absolute atomic E-state index is 11.5. The standard InChI is InChI=1S/C16H31O6PS2/c1-24-25-12-10-8-6-4-2-3-5-7-9-11-16(18)21-13-15(17)14-22-23(19)20/h15,17H,2-14H2,1H3/p+1/t15-/m1/s1. The first-order valence-corrected chi connectivity index (χ1v) is 12.7. The third-order valence-electron chi connectivity index (χ3n) is 3.54. The third kappa shape index (κ3) is 20.3. The maximum atomic E-state index is 11.5. The number of carbonyl (C=O) groups excluding carboxylic acids is 1. The Morgan fingerprint density at radius 3 is 2.12 bits per heavy atom. The lowest BCUT2D eigenvalue weighted by Crippen LogP contribution is -2.22. The summed E-state index contributed by atoms with van der Waals surface area (Å²) in [7, 11) is 1.03. The number of rotatable bonds is 18. The summed E-state index contributed by atoms with van der Waals surface area (Å²) in [5.41, 5.74) is 0. The van der Waals surface area contributed by atoms with Gasteiger partial charge in [-0.1, -0.05) is 66.5 Å². The molecule has 25 heavy (non-hydrogen) atoms. The molecule has 0 aliphatic heterocycles. The summed E-state index contributed by atoms with van der Waals surface area (Å²) < 4.78 is 19.5. The minimum Gasteiger partial charge on any atom is -0.463 e. The first-order chi connectivity index (χ1) is 12.1. The van der Waals surface area contributed by atoms with E-state index in [9.17, 15) is 14.5 Å². The SMILES string of the molecule is CSSCCCCCCCCCCCC(=O)OC[C@@H](O)CO[P+](=O)O. The van der Waals surface area contributed by atoms with Gasteiger partial charge in [0.15, 0.2) is 0 Å². The van der Waals surface area contributed by atoms with Gasteiger partial charge in [0.2, 0.25) is 0 Å². The second-order valence-electron chi connectivity index (χ2n) is 5.79. The molecule has 0 saturated carbocycles. The molecule has 2 atom stereocenters. The molecule has 0 aliphatic carbocycles. The van der Waals surface area contributed by atoms with Crippen molar-refractivity contribution in [3.8, 4) is 0 Å². The van der Waals surface area contributed by atoms with Gasteiger partial charge < -0.3 is 9.84 Å². The molecule has 9 heteroatoms. The summed E-state index contributed by atoms with van der Waals surface area (Å²) in [6.07, 6.45) is 12.0. The Balaban J connectivity index is 3.28. The quantitative estimate of drug-likeness (QED) is 0.147. The van der Waals surface area contributed by atoms with Crippen molar-refractivity contribution in [3.63, 3.8) is 0 Å². The van der Waals surface area contributed by atoms with Crippen molar-refractivity contribution in [3.05, 3.63) is 0 Å². The highest BCUT2D eigenvalue weighted by Crippen LogP contribution is 2.19. The molecular formula is C16H32O6PS2+. The first-order valence-electron chi connectivity index (χ1n) is 8.84. The predicted molar refractivity (Wildman–Crippen MR) is 105 cm³/mol. The Morgan fingerprint density at radius 2 is 1.56 bits per heavy atom. The molecule has 0 fully saturated rings. The molecular weight excluding hydrogens is 383 g/mol. The van der Waals surface area contributed by atoms with Crippen molar-refractivity contribution in [1.29, 1.82) is 0 Å². The van der Waals surface area contributed by atoms with Gasteiger partial charge in [-0.15, -0.1) is 9.42 Å². The Hall–Kier alpha value is 0.150. The van der Waals surface area contributed by atoms with E-state index >= 15 is 0 Å². The van der Waals surface area contributed by atoms with Crippen LogP contribution in [-0.2, 0) is 18.6 Å². The van der Waals surface area contributed by atoms with Crippen LogP contribution in [0.4, 0.5) is 0 Å². The molecule has 0 aliphatic rings. The number of aliphatic hydroxyl groups excluding tert-OH is 1. The van der Waals surface area contributed by atoms with Crippen LogP contribution in [-0.4, -0.2) is 47.3 Å². The van der Waals surface area contributed by atoms with Gasteiger partial charge in [0, 0.05) is 16.7 Å². The maximum Gasteiger partial charge on any atom is 0.694 e. The lowest BCUT2D eigenvalue weighted by atomic mass is 10.1. The minimum absolute atomic E-state index is 0.211. The fraction of sp³-hybridized carbons (Fsp3) is 0.938. The number of carbonyl (C=O) groups is 1. The van der Waals surface area contributed by atoms with E-state index in [4.69, 9.17) is 9.63 Å². The zero-order chi connectivity index (χ0) is 18.8. The molecule has 0 aromatic carbocycles. The highest BCUT2D eigenvalue weighted by molar-refractivity contribution is 8.76. The van der Waals surface area contributed by atoms with Crippen molar-refractivity contribution in [1.82, 2.24) is 0 Å². The zero-order valence-electron chi connectivity index (χ0n) is 15.1. The van der Waals surface area contributed by atoms with Crippen LogP contribution in [0.15, 0.2) is 0 Å². The van der Waals surface area contributed by atoms with Crippen molar-refractivity contribution in [2.75, 3.05) is 25.2 Å². The van der Waals surface area contributed by atoms with E-state index in [2.05, 4.69) is 10.8 Å². The molecule has 0 amide bonds. The Bertz CT molecular complexity index is 347. The van der Waals surface area contributed by atoms with Crippen LogP contribution in [0, 0.1) is 0 Å². The van der Waals surface area contributed by atoms with Crippen LogP contribution >= 0.6 is 29.8 Å². The third-order valence-corrected chi connectivity index (χ3v) is 5.81. The summed E-state index contributed by atoms with van der Waals surface area (Å²) >= 11 is 0. The Labute approximate surface area is 160 Å². The lowest BCUT2D eigenvalue weighted by Gasteiger charge is -2.08. The number of hydrogen-bond donors (Lipinski definition) is 2. The molecule has 0 aromatic heterocycles. The second-order valence-corrected chi connectivity index (χ2v) is 9.21. The van der Waals surface area contributed by atoms with Crippen LogP contribution < -0.4 is 0 Å². The molecule has 0 aromatic rings. The molecule has 2 N–H and O–H groups in total. The van der Waals surface area contributed by atoms with Gasteiger partial charge in [0.1, 0.15) is 19.3 Å². The van der Waals surface area contributed by atoms with Crippen LogP contribution in [0.5, 0.6) is 0 Å². The van der Waals surface area contributed by atoms with E-state index in [0.717, 1.165) is 19.3 Å². The summed E-state index contributed by atoms with van der Waals surface area (Å²) in [4.78, 5) is 19.9. The first kappa shape index (κ1) is 25.1. The molecule has 148 valence electrons. The van der Waals surface area contributed by atoms with E-state index < -0.39 is 14.4 Å². The van der Waals surface area contributed by atoms with Gasteiger partial charge >= 0.3 is 14.2 Å².